The lowest BCUT2D eigenvalue weighted by molar-refractivity contribution is 0.0807. The van der Waals surface area contributed by atoms with E-state index in [0.717, 1.165) is 5.56 Å². The van der Waals surface area contributed by atoms with Gasteiger partial charge in [-0.15, -0.1) is 11.3 Å². The Bertz CT molecular complexity index is 480. The number of nitrogens with two attached hydrogens (primary N) is 1. The largest absolute Gasteiger partial charge is 0.306 e. The van der Waals surface area contributed by atoms with Gasteiger partial charge < -0.3 is 5.73 Å². The summed E-state index contributed by atoms with van der Waals surface area (Å²) in [6, 6.07) is 1.92. The molecule has 0 bridgehead atoms. The fraction of sp³-hybridized carbons (Fsp3) is 0.200. The van der Waals surface area contributed by atoms with Crippen LogP contribution in [0.3, 0.4) is 0 Å². The van der Waals surface area contributed by atoms with Crippen molar-refractivity contribution in [3.8, 4) is 0 Å². The number of amides is 1. The molecule has 6 heteroatoms. The second-order valence-corrected chi connectivity index (χ2v) is 5.09. The molecule has 2 N–H and O–H groups in total. The van der Waals surface area contributed by atoms with E-state index in [2.05, 4.69) is 20.9 Å². The van der Waals surface area contributed by atoms with Crippen LogP contribution in [0.4, 0.5) is 0 Å². The van der Waals surface area contributed by atoms with Gasteiger partial charge in [-0.3, -0.25) is 9.69 Å². The van der Waals surface area contributed by atoms with Crippen LogP contribution in [0.5, 0.6) is 0 Å². The van der Waals surface area contributed by atoms with E-state index >= 15 is 0 Å². The summed E-state index contributed by atoms with van der Waals surface area (Å²) in [7, 11) is 0. The Morgan fingerprint density at radius 3 is 3.06 bits per heavy atom. The van der Waals surface area contributed by atoms with Crippen LogP contribution in [0.1, 0.15) is 15.2 Å². The van der Waals surface area contributed by atoms with Gasteiger partial charge in [0.15, 0.2) is 0 Å². The minimum absolute atomic E-state index is 0.0944. The number of carbonyl (C=O) groups is 1. The highest BCUT2D eigenvalue weighted by Crippen LogP contribution is 2.21. The van der Waals surface area contributed by atoms with Crippen molar-refractivity contribution in [2.75, 3.05) is 0 Å². The summed E-state index contributed by atoms with van der Waals surface area (Å²) >= 11 is 4.64. The van der Waals surface area contributed by atoms with Crippen molar-refractivity contribution < 1.29 is 4.79 Å². The number of carbonyl (C=O) groups excluding carboxylic acids is 1. The Labute approximate surface area is 106 Å². The Balaban J connectivity index is 2.29. The lowest BCUT2D eigenvalue weighted by atomic mass is 10.2. The Morgan fingerprint density at radius 2 is 2.44 bits per heavy atom. The number of rotatable bonds is 1. The zero-order valence-electron chi connectivity index (χ0n) is 8.55. The SMILES string of the molecule is Cc1ccsc1C(=O)N1C=C(Br)N=CC1N. The highest BCUT2D eigenvalue weighted by Gasteiger charge is 2.23. The standard InChI is InChI=1S/C10H10BrN3OS/c1-6-2-3-16-9(6)10(15)14-5-7(11)13-4-8(14)12/h2-5,8H,12H2,1H3. The van der Waals surface area contributed by atoms with Crippen molar-refractivity contribution in [1.29, 1.82) is 0 Å². The monoisotopic (exact) mass is 299 g/mol. The molecule has 0 fully saturated rings. The third-order valence-electron chi connectivity index (χ3n) is 2.21. The predicted molar refractivity (Wildman–Crippen MR) is 68.7 cm³/mol. The summed E-state index contributed by atoms with van der Waals surface area (Å²) in [6.45, 7) is 1.91. The van der Waals surface area contributed by atoms with Crippen molar-refractivity contribution in [3.05, 3.63) is 32.7 Å². The summed E-state index contributed by atoms with van der Waals surface area (Å²) in [6.07, 6.45) is 2.63. The first-order chi connectivity index (χ1) is 7.59. The molecule has 0 saturated heterocycles. The molecule has 0 spiro atoms. The van der Waals surface area contributed by atoms with Crippen molar-refractivity contribution in [2.24, 2.45) is 10.7 Å². The van der Waals surface area contributed by atoms with E-state index in [9.17, 15) is 4.79 Å². The Kier molecular flexibility index (Phi) is 3.22. The third kappa shape index (κ3) is 2.09. The lowest BCUT2D eigenvalue weighted by Gasteiger charge is -2.25. The van der Waals surface area contributed by atoms with E-state index in [1.54, 1.807) is 6.20 Å². The molecule has 0 saturated carbocycles. The molecule has 2 heterocycles. The number of hydrogen-bond donors (Lipinski definition) is 1. The topological polar surface area (TPSA) is 58.7 Å². The lowest BCUT2D eigenvalue weighted by Crippen LogP contribution is -2.44. The first-order valence-corrected chi connectivity index (χ1v) is 6.30. The Hall–Kier alpha value is -0.980. The summed E-state index contributed by atoms with van der Waals surface area (Å²) in [5.74, 6) is -0.0944. The zero-order chi connectivity index (χ0) is 11.7. The van der Waals surface area contributed by atoms with E-state index in [1.165, 1.54) is 22.5 Å². The maximum absolute atomic E-state index is 12.2. The molecule has 16 heavy (non-hydrogen) atoms. The molecule has 1 unspecified atom stereocenters. The van der Waals surface area contributed by atoms with Gasteiger partial charge in [-0.2, -0.15) is 0 Å². The molecule has 2 rings (SSSR count). The van der Waals surface area contributed by atoms with Gasteiger partial charge in [-0.05, 0) is 39.9 Å². The normalized spacial score (nSPS) is 19.8. The number of aryl methyl sites for hydroxylation is 1. The van der Waals surface area contributed by atoms with E-state index < -0.39 is 6.17 Å². The van der Waals surface area contributed by atoms with Crippen LogP contribution in [0.2, 0.25) is 0 Å². The molecule has 1 aromatic rings. The molecular formula is C10H10BrN3OS. The zero-order valence-corrected chi connectivity index (χ0v) is 11.0. The van der Waals surface area contributed by atoms with Crippen LogP contribution in [0.25, 0.3) is 0 Å². The summed E-state index contributed by atoms with van der Waals surface area (Å²) in [5, 5.41) is 1.89. The van der Waals surface area contributed by atoms with E-state index in [-0.39, 0.29) is 5.91 Å². The Morgan fingerprint density at radius 1 is 1.69 bits per heavy atom. The molecule has 1 atom stereocenters. The molecule has 1 aliphatic heterocycles. The van der Waals surface area contributed by atoms with Gasteiger partial charge in [0.1, 0.15) is 10.8 Å². The second kappa shape index (κ2) is 4.48. The van der Waals surface area contributed by atoms with Gasteiger partial charge in [-0.1, -0.05) is 0 Å². The minimum Gasteiger partial charge on any atom is -0.306 e. The molecular weight excluding hydrogens is 290 g/mol. The molecule has 1 aromatic heterocycles. The van der Waals surface area contributed by atoms with Crippen LogP contribution < -0.4 is 5.73 Å². The van der Waals surface area contributed by atoms with E-state index in [1.807, 2.05) is 18.4 Å². The first kappa shape index (κ1) is 11.5. The van der Waals surface area contributed by atoms with Crippen molar-refractivity contribution in [3.63, 3.8) is 0 Å². The van der Waals surface area contributed by atoms with E-state index in [0.29, 0.717) is 9.48 Å². The molecule has 0 radical (unpaired) electrons. The quantitative estimate of drug-likeness (QED) is 0.807. The predicted octanol–water partition coefficient (Wildman–Crippen LogP) is 2.06. The minimum atomic E-state index is -0.504. The van der Waals surface area contributed by atoms with Gasteiger partial charge in [0.05, 0.1) is 4.88 Å². The maximum Gasteiger partial charge on any atom is 0.269 e. The fourth-order valence-electron chi connectivity index (χ4n) is 1.36. The average Bonchev–Trinajstić information content (AvgIpc) is 2.67. The molecule has 4 nitrogen and oxygen atoms in total. The number of halogens is 1. The summed E-state index contributed by atoms with van der Waals surface area (Å²) < 4.78 is 0.594. The van der Waals surface area contributed by atoms with Gasteiger partial charge in [-0.25, -0.2) is 4.99 Å². The van der Waals surface area contributed by atoms with Crippen LogP contribution in [0, 0.1) is 6.92 Å². The number of hydrogen-bond acceptors (Lipinski definition) is 4. The smallest absolute Gasteiger partial charge is 0.269 e. The van der Waals surface area contributed by atoms with Gasteiger partial charge >= 0.3 is 0 Å². The van der Waals surface area contributed by atoms with Gasteiger partial charge in [0, 0.05) is 12.4 Å². The van der Waals surface area contributed by atoms with Gasteiger partial charge in [0.2, 0.25) is 0 Å². The van der Waals surface area contributed by atoms with Crippen LogP contribution in [-0.4, -0.2) is 23.2 Å². The molecule has 1 amide bonds. The molecule has 0 aliphatic carbocycles. The molecule has 84 valence electrons. The van der Waals surface area contributed by atoms with Crippen molar-refractivity contribution in [1.82, 2.24) is 4.90 Å². The highest BCUT2D eigenvalue weighted by molar-refractivity contribution is 9.11. The van der Waals surface area contributed by atoms with E-state index in [4.69, 9.17) is 5.73 Å². The summed E-state index contributed by atoms with van der Waals surface area (Å²) in [5.41, 5.74) is 6.76. The van der Waals surface area contributed by atoms with Crippen molar-refractivity contribution in [2.45, 2.75) is 13.1 Å². The summed E-state index contributed by atoms with van der Waals surface area (Å²) in [4.78, 5) is 18.3. The van der Waals surface area contributed by atoms with Crippen molar-refractivity contribution >= 4 is 39.4 Å². The fourth-order valence-corrected chi connectivity index (χ4v) is 2.56. The average molecular weight is 300 g/mol. The maximum atomic E-state index is 12.2. The highest BCUT2D eigenvalue weighted by atomic mass is 79.9. The second-order valence-electron chi connectivity index (χ2n) is 3.37. The first-order valence-electron chi connectivity index (χ1n) is 4.63. The van der Waals surface area contributed by atoms with Gasteiger partial charge in [0.25, 0.3) is 5.91 Å². The number of thiophene rings is 1. The molecule has 0 aromatic carbocycles. The number of aliphatic imine (C=N–C) groups is 1. The number of nitrogens with zero attached hydrogens (tertiary/aromatic N) is 2. The van der Waals surface area contributed by atoms with Crippen LogP contribution in [0.15, 0.2) is 27.2 Å². The van der Waals surface area contributed by atoms with Crippen LogP contribution in [-0.2, 0) is 0 Å². The molecule has 1 aliphatic rings. The third-order valence-corrected chi connectivity index (χ3v) is 3.62. The van der Waals surface area contributed by atoms with Crippen LogP contribution >= 0.6 is 27.3 Å².